The second kappa shape index (κ2) is 7.96. The lowest BCUT2D eigenvalue weighted by Gasteiger charge is -2.01. The van der Waals surface area contributed by atoms with Gasteiger partial charge in [-0.05, 0) is 30.3 Å². The summed E-state index contributed by atoms with van der Waals surface area (Å²) < 4.78 is 16.4. The molecular formula is C21H16N4O4S. The number of aryl methyl sites for hydroxylation is 1. The van der Waals surface area contributed by atoms with Crippen LogP contribution in [0, 0.1) is 0 Å². The number of anilines is 1. The minimum absolute atomic E-state index is 0.166. The summed E-state index contributed by atoms with van der Waals surface area (Å²) in [5.74, 6) is 2.11. The van der Waals surface area contributed by atoms with Crippen LogP contribution < -0.4 is 14.8 Å². The highest BCUT2D eigenvalue weighted by atomic mass is 32.1. The van der Waals surface area contributed by atoms with Crippen LogP contribution in [0.3, 0.4) is 0 Å². The van der Waals surface area contributed by atoms with Gasteiger partial charge in [-0.2, -0.15) is 0 Å². The first-order chi connectivity index (χ1) is 14.7. The maximum atomic E-state index is 12.3. The average Bonchev–Trinajstić information content (AvgIpc) is 3.53. The zero-order chi connectivity index (χ0) is 20.3. The molecule has 0 aliphatic carbocycles. The third-order valence-corrected chi connectivity index (χ3v) is 5.23. The van der Waals surface area contributed by atoms with Crippen molar-refractivity contribution in [3.8, 4) is 34.2 Å². The Bertz CT molecular complexity index is 1190. The number of benzene rings is 2. The van der Waals surface area contributed by atoms with Gasteiger partial charge in [0.05, 0.1) is 5.69 Å². The fourth-order valence-electron chi connectivity index (χ4n) is 2.97. The number of carbonyl (C=O) groups is 1. The number of nitrogens with zero attached hydrogens (tertiary/aromatic N) is 3. The van der Waals surface area contributed by atoms with Crippen molar-refractivity contribution >= 4 is 22.4 Å². The van der Waals surface area contributed by atoms with Crippen LogP contribution in [0.15, 0.2) is 58.3 Å². The molecule has 0 radical (unpaired) electrons. The van der Waals surface area contributed by atoms with E-state index >= 15 is 0 Å². The molecule has 1 aliphatic heterocycles. The summed E-state index contributed by atoms with van der Waals surface area (Å²) in [6, 6.07) is 15.1. The molecule has 0 saturated heterocycles. The molecule has 0 saturated carbocycles. The quantitative estimate of drug-likeness (QED) is 0.500. The van der Waals surface area contributed by atoms with E-state index in [1.54, 1.807) is 0 Å². The smallest absolute Gasteiger partial charge is 0.247 e. The third kappa shape index (κ3) is 3.87. The number of rotatable bonds is 6. The van der Waals surface area contributed by atoms with Crippen LogP contribution in [-0.2, 0) is 11.2 Å². The molecule has 0 unspecified atom stereocenters. The van der Waals surface area contributed by atoms with E-state index in [0.717, 1.165) is 22.6 Å². The van der Waals surface area contributed by atoms with E-state index in [9.17, 15) is 4.79 Å². The molecule has 30 heavy (non-hydrogen) atoms. The Hall–Kier alpha value is -3.72. The van der Waals surface area contributed by atoms with E-state index in [1.165, 1.54) is 11.3 Å². The van der Waals surface area contributed by atoms with Gasteiger partial charge < -0.3 is 19.2 Å². The van der Waals surface area contributed by atoms with Crippen molar-refractivity contribution < 1.29 is 18.7 Å². The number of hydrogen-bond acceptors (Lipinski definition) is 8. The van der Waals surface area contributed by atoms with Crippen LogP contribution in [0.5, 0.6) is 11.5 Å². The molecule has 150 valence electrons. The lowest BCUT2D eigenvalue weighted by Crippen LogP contribution is -2.12. The molecule has 1 N–H and O–H groups in total. The number of amides is 1. The Morgan fingerprint density at radius 3 is 2.80 bits per heavy atom. The molecule has 3 heterocycles. The normalized spacial score (nSPS) is 12.1. The average molecular weight is 420 g/mol. The van der Waals surface area contributed by atoms with Crippen LogP contribution >= 0.6 is 11.3 Å². The Morgan fingerprint density at radius 1 is 1.03 bits per heavy atom. The van der Waals surface area contributed by atoms with E-state index in [2.05, 4.69) is 20.5 Å². The van der Waals surface area contributed by atoms with Gasteiger partial charge in [-0.1, -0.05) is 18.2 Å². The number of nitrogens with one attached hydrogen (secondary N) is 1. The minimum Gasteiger partial charge on any atom is -0.454 e. The highest BCUT2D eigenvalue weighted by Gasteiger charge is 2.16. The van der Waals surface area contributed by atoms with Gasteiger partial charge in [0.15, 0.2) is 16.6 Å². The second-order valence-electron chi connectivity index (χ2n) is 6.52. The van der Waals surface area contributed by atoms with Gasteiger partial charge in [-0.3, -0.25) is 4.79 Å². The fourth-order valence-corrected chi connectivity index (χ4v) is 3.71. The lowest BCUT2D eigenvalue weighted by molar-refractivity contribution is -0.116. The Morgan fingerprint density at radius 2 is 1.90 bits per heavy atom. The summed E-state index contributed by atoms with van der Waals surface area (Å²) in [5, 5.41) is 13.3. The van der Waals surface area contributed by atoms with E-state index < -0.39 is 0 Å². The van der Waals surface area contributed by atoms with Crippen molar-refractivity contribution in [1.82, 2.24) is 15.2 Å². The zero-order valence-electron chi connectivity index (χ0n) is 15.7. The van der Waals surface area contributed by atoms with Gasteiger partial charge >= 0.3 is 0 Å². The molecule has 0 spiro atoms. The molecule has 0 fully saturated rings. The fraction of sp³-hybridized carbons (Fsp3) is 0.143. The van der Waals surface area contributed by atoms with E-state index in [4.69, 9.17) is 13.9 Å². The van der Waals surface area contributed by atoms with E-state index in [1.807, 2.05) is 53.9 Å². The Balaban J connectivity index is 1.18. The zero-order valence-corrected chi connectivity index (χ0v) is 16.5. The van der Waals surface area contributed by atoms with Gasteiger partial charge in [-0.25, -0.2) is 4.98 Å². The van der Waals surface area contributed by atoms with Crippen molar-refractivity contribution in [2.45, 2.75) is 12.8 Å². The summed E-state index contributed by atoms with van der Waals surface area (Å²) >= 11 is 1.36. The molecular weight excluding hydrogens is 404 g/mol. The molecule has 8 nitrogen and oxygen atoms in total. The van der Waals surface area contributed by atoms with Gasteiger partial charge in [0.2, 0.25) is 24.5 Å². The summed E-state index contributed by atoms with van der Waals surface area (Å²) in [5.41, 5.74) is 2.51. The third-order valence-electron chi connectivity index (χ3n) is 4.47. The first kappa shape index (κ1) is 18.3. The Kier molecular flexibility index (Phi) is 4.86. The predicted octanol–water partition coefficient (Wildman–Crippen LogP) is 4.16. The maximum absolute atomic E-state index is 12.3. The first-order valence-corrected chi connectivity index (χ1v) is 10.2. The maximum Gasteiger partial charge on any atom is 0.247 e. The molecule has 2 aromatic heterocycles. The number of carbonyl (C=O) groups excluding carboxylic acids is 1. The summed E-state index contributed by atoms with van der Waals surface area (Å²) in [4.78, 5) is 16.8. The molecule has 4 aromatic rings. The second-order valence-corrected chi connectivity index (χ2v) is 7.38. The van der Waals surface area contributed by atoms with Gasteiger partial charge in [0.1, 0.15) is 0 Å². The predicted molar refractivity (Wildman–Crippen MR) is 110 cm³/mol. The monoisotopic (exact) mass is 420 g/mol. The lowest BCUT2D eigenvalue weighted by atomic mass is 10.1. The van der Waals surface area contributed by atoms with Crippen molar-refractivity contribution in [3.05, 3.63) is 59.8 Å². The molecule has 9 heteroatoms. The van der Waals surface area contributed by atoms with Gasteiger partial charge in [0, 0.05) is 29.3 Å². The van der Waals surface area contributed by atoms with Crippen LogP contribution in [0.4, 0.5) is 5.13 Å². The SMILES string of the molecule is O=C(CCc1nnc(-c2ccccc2)o1)Nc1nc(-c2ccc3c(c2)OCO3)cs1. The van der Waals surface area contributed by atoms with E-state index in [0.29, 0.717) is 29.1 Å². The van der Waals surface area contributed by atoms with Crippen LogP contribution in [0.1, 0.15) is 12.3 Å². The molecule has 5 rings (SSSR count). The highest BCUT2D eigenvalue weighted by Crippen LogP contribution is 2.36. The molecule has 2 aromatic carbocycles. The first-order valence-electron chi connectivity index (χ1n) is 9.28. The molecule has 1 amide bonds. The summed E-state index contributed by atoms with van der Waals surface area (Å²) in [6.45, 7) is 0.226. The number of hydrogen-bond donors (Lipinski definition) is 1. The van der Waals surface area contributed by atoms with Crippen LogP contribution in [0.25, 0.3) is 22.7 Å². The van der Waals surface area contributed by atoms with Crippen molar-refractivity contribution in [2.75, 3.05) is 12.1 Å². The molecule has 1 aliphatic rings. The summed E-state index contributed by atoms with van der Waals surface area (Å²) in [6.07, 6.45) is 0.571. The Labute approximate surface area is 175 Å². The number of fused-ring (bicyclic) bond motifs is 1. The van der Waals surface area contributed by atoms with Gasteiger partial charge in [-0.15, -0.1) is 21.5 Å². The number of aromatic nitrogens is 3. The number of ether oxygens (including phenoxy) is 2. The summed E-state index contributed by atoms with van der Waals surface area (Å²) in [7, 11) is 0. The van der Waals surface area contributed by atoms with Crippen LogP contribution in [-0.4, -0.2) is 27.9 Å². The van der Waals surface area contributed by atoms with Crippen molar-refractivity contribution in [3.63, 3.8) is 0 Å². The van der Waals surface area contributed by atoms with Crippen LogP contribution in [0.2, 0.25) is 0 Å². The number of thiazole rings is 1. The largest absolute Gasteiger partial charge is 0.454 e. The topological polar surface area (TPSA) is 99.4 Å². The highest BCUT2D eigenvalue weighted by molar-refractivity contribution is 7.14. The van der Waals surface area contributed by atoms with Crippen molar-refractivity contribution in [1.29, 1.82) is 0 Å². The van der Waals surface area contributed by atoms with Gasteiger partial charge in [0.25, 0.3) is 0 Å². The molecule has 0 bridgehead atoms. The standard InChI is InChI=1S/C21H16N4O4S/c26-18(8-9-19-24-25-20(29-19)13-4-2-1-3-5-13)23-21-22-15(11-30-21)14-6-7-16-17(10-14)28-12-27-16/h1-7,10-11H,8-9,12H2,(H,22,23,26). The van der Waals surface area contributed by atoms with Crippen molar-refractivity contribution in [2.24, 2.45) is 0 Å². The minimum atomic E-state index is -0.166. The van der Waals surface area contributed by atoms with E-state index in [-0.39, 0.29) is 19.1 Å². The molecule has 0 atom stereocenters.